The van der Waals surface area contributed by atoms with Gasteiger partial charge in [0.05, 0.1) is 18.7 Å². The van der Waals surface area contributed by atoms with Crippen LogP contribution in [0.4, 0.5) is 4.39 Å². The van der Waals surface area contributed by atoms with E-state index in [4.69, 9.17) is 4.74 Å². The molecule has 1 saturated heterocycles. The molecule has 0 saturated carbocycles. The van der Waals surface area contributed by atoms with Gasteiger partial charge in [-0.2, -0.15) is 0 Å². The van der Waals surface area contributed by atoms with Gasteiger partial charge in [-0.3, -0.25) is 4.90 Å². The highest BCUT2D eigenvalue weighted by Crippen LogP contribution is 2.21. The average molecular weight is 262 g/mol. The van der Waals surface area contributed by atoms with Crippen LogP contribution >= 0.6 is 0 Å². The molecule has 102 valence electrons. The van der Waals surface area contributed by atoms with Crippen LogP contribution in [0.15, 0.2) is 24.4 Å². The lowest BCUT2D eigenvalue weighted by Crippen LogP contribution is -2.36. The molecule has 0 aliphatic carbocycles. The van der Waals surface area contributed by atoms with Crippen molar-refractivity contribution in [2.45, 2.75) is 12.8 Å². The minimum atomic E-state index is -0.145. The Labute approximate surface area is 112 Å². The fourth-order valence-electron chi connectivity index (χ4n) is 2.71. The first-order chi connectivity index (χ1) is 9.34. The van der Waals surface area contributed by atoms with Crippen LogP contribution < -0.4 is 0 Å². The standard InChI is InChI=1S/C15H19FN2O/c16-14-4-3-12(15-13(14)5-6-17-15)2-1-7-18-8-10-19-11-9-18/h3-6,17H,1-2,7-11H2. The number of aromatic amines is 1. The van der Waals surface area contributed by atoms with Gasteiger partial charge >= 0.3 is 0 Å². The van der Waals surface area contributed by atoms with Gasteiger partial charge < -0.3 is 9.72 Å². The number of hydrogen-bond donors (Lipinski definition) is 1. The van der Waals surface area contributed by atoms with Gasteiger partial charge in [0.25, 0.3) is 0 Å². The summed E-state index contributed by atoms with van der Waals surface area (Å²) in [5.41, 5.74) is 2.15. The first-order valence-corrected chi connectivity index (χ1v) is 6.89. The molecule has 1 aliphatic heterocycles. The molecule has 2 heterocycles. The topological polar surface area (TPSA) is 28.3 Å². The number of ether oxygens (including phenoxy) is 1. The number of morpholine rings is 1. The van der Waals surface area contributed by atoms with E-state index in [1.165, 1.54) is 5.56 Å². The van der Waals surface area contributed by atoms with Gasteiger partial charge in [0.2, 0.25) is 0 Å². The molecule has 1 fully saturated rings. The fraction of sp³-hybridized carbons (Fsp3) is 0.467. The van der Waals surface area contributed by atoms with E-state index in [0.29, 0.717) is 5.39 Å². The monoisotopic (exact) mass is 262 g/mol. The second-order valence-electron chi connectivity index (χ2n) is 5.03. The van der Waals surface area contributed by atoms with E-state index in [9.17, 15) is 4.39 Å². The maximum absolute atomic E-state index is 13.6. The van der Waals surface area contributed by atoms with Crippen molar-refractivity contribution in [3.8, 4) is 0 Å². The smallest absolute Gasteiger partial charge is 0.132 e. The molecule has 1 aromatic carbocycles. The lowest BCUT2D eigenvalue weighted by molar-refractivity contribution is 0.0375. The van der Waals surface area contributed by atoms with E-state index in [-0.39, 0.29) is 5.82 Å². The van der Waals surface area contributed by atoms with Crippen molar-refractivity contribution in [1.82, 2.24) is 9.88 Å². The molecular weight excluding hydrogens is 243 g/mol. The molecule has 0 spiro atoms. The molecule has 1 aromatic heterocycles. The number of nitrogens with zero attached hydrogens (tertiary/aromatic N) is 1. The van der Waals surface area contributed by atoms with Crippen molar-refractivity contribution >= 4 is 10.9 Å². The molecule has 0 unspecified atom stereocenters. The molecule has 19 heavy (non-hydrogen) atoms. The summed E-state index contributed by atoms with van der Waals surface area (Å²) in [6.45, 7) is 4.83. The molecule has 2 aromatic rings. The number of benzene rings is 1. The van der Waals surface area contributed by atoms with Crippen LogP contribution in [0.2, 0.25) is 0 Å². The van der Waals surface area contributed by atoms with Crippen molar-refractivity contribution in [2.75, 3.05) is 32.8 Å². The Bertz CT molecular complexity index is 546. The summed E-state index contributed by atoms with van der Waals surface area (Å²) in [5.74, 6) is -0.145. The van der Waals surface area contributed by atoms with Crippen molar-refractivity contribution in [3.63, 3.8) is 0 Å². The highest BCUT2D eigenvalue weighted by atomic mass is 19.1. The van der Waals surface area contributed by atoms with E-state index in [2.05, 4.69) is 9.88 Å². The number of H-pyrrole nitrogens is 1. The van der Waals surface area contributed by atoms with Crippen molar-refractivity contribution in [3.05, 3.63) is 35.8 Å². The van der Waals surface area contributed by atoms with Crippen LogP contribution in [0.5, 0.6) is 0 Å². The van der Waals surface area contributed by atoms with Crippen LogP contribution in [-0.2, 0) is 11.2 Å². The highest BCUT2D eigenvalue weighted by molar-refractivity contribution is 5.83. The number of fused-ring (bicyclic) bond motifs is 1. The van der Waals surface area contributed by atoms with E-state index < -0.39 is 0 Å². The van der Waals surface area contributed by atoms with Crippen LogP contribution in [0, 0.1) is 5.82 Å². The molecule has 1 aliphatic rings. The summed E-state index contributed by atoms with van der Waals surface area (Å²) >= 11 is 0. The summed E-state index contributed by atoms with van der Waals surface area (Å²) in [7, 11) is 0. The van der Waals surface area contributed by atoms with Crippen molar-refractivity contribution in [1.29, 1.82) is 0 Å². The summed E-state index contributed by atoms with van der Waals surface area (Å²) in [6.07, 6.45) is 3.88. The van der Waals surface area contributed by atoms with Gasteiger partial charge in [0.15, 0.2) is 0 Å². The maximum Gasteiger partial charge on any atom is 0.132 e. The number of halogens is 1. The Kier molecular flexibility index (Phi) is 3.80. The minimum absolute atomic E-state index is 0.145. The molecule has 0 amide bonds. The third-order valence-corrected chi connectivity index (χ3v) is 3.78. The molecule has 1 N–H and O–H groups in total. The highest BCUT2D eigenvalue weighted by Gasteiger charge is 2.11. The van der Waals surface area contributed by atoms with E-state index >= 15 is 0 Å². The largest absolute Gasteiger partial charge is 0.379 e. The lowest BCUT2D eigenvalue weighted by atomic mass is 10.1. The molecular formula is C15H19FN2O. The van der Waals surface area contributed by atoms with Gasteiger partial charge in [-0.25, -0.2) is 4.39 Å². The Hall–Kier alpha value is -1.39. The Morgan fingerprint density at radius 2 is 2.05 bits per heavy atom. The molecule has 0 bridgehead atoms. The van der Waals surface area contributed by atoms with E-state index in [0.717, 1.165) is 51.2 Å². The van der Waals surface area contributed by atoms with Crippen molar-refractivity contribution < 1.29 is 9.13 Å². The van der Waals surface area contributed by atoms with Crippen LogP contribution in [0.3, 0.4) is 0 Å². The predicted molar refractivity (Wildman–Crippen MR) is 73.8 cm³/mol. The van der Waals surface area contributed by atoms with E-state index in [1.54, 1.807) is 18.3 Å². The van der Waals surface area contributed by atoms with Crippen LogP contribution in [0.25, 0.3) is 10.9 Å². The van der Waals surface area contributed by atoms with Crippen LogP contribution in [-0.4, -0.2) is 42.7 Å². The van der Waals surface area contributed by atoms with Gasteiger partial charge in [-0.15, -0.1) is 0 Å². The third-order valence-electron chi connectivity index (χ3n) is 3.78. The summed E-state index contributed by atoms with van der Waals surface area (Å²) in [5, 5.41) is 0.698. The fourth-order valence-corrected chi connectivity index (χ4v) is 2.71. The van der Waals surface area contributed by atoms with Gasteiger partial charge in [0, 0.05) is 24.7 Å². The third kappa shape index (κ3) is 2.80. The molecule has 0 atom stereocenters. The predicted octanol–water partition coefficient (Wildman–Crippen LogP) is 2.57. The zero-order valence-corrected chi connectivity index (χ0v) is 11.0. The Morgan fingerprint density at radius 1 is 1.21 bits per heavy atom. The van der Waals surface area contributed by atoms with Crippen LogP contribution in [0.1, 0.15) is 12.0 Å². The SMILES string of the molecule is Fc1ccc(CCCN2CCOCC2)c2[nH]ccc12. The van der Waals surface area contributed by atoms with Gasteiger partial charge in [-0.1, -0.05) is 6.07 Å². The molecule has 3 rings (SSSR count). The Morgan fingerprint density at radius 3 is 2.89 bits per heavy atom. The summed E-state index contributed by atoms with van der Waals surface area (Å²) < 4.78 is 18.9. The lowest BCUT2D eigenvalue weighted by Gasteiger charge is -2.26. The number of nitrogens with one attached hydrogen (secondary N) is 1. The number of hydrogen-bond acceptors (Lipinski definition) is 2. The minimum Gasteiger partial charge on any atom is -0.379 e. The van der Waals surface area contributed by atoms with Gasteiger partial charge in [0.1, 0.15) is 5.82 Å². The average Bonchev–Trinajstić information content (AvgIpc) is 2.93. The first kappa shape index (κ1) is 12.6. The zero-order chi connectivity index (χ0) is 13.1. The summed E-state index contributed by atoms with van der Waals surface area (Å²) in [6, 6.07) is 5.27. The molecule has 3 nitrogen and oxygen atoms in total. The molecule has 0 radical (unpaired) electrons. The quantitative estimate of drug-likeness (QED) is 0.917. The van der Waals surface area contributed by atoms with Crippen molar-refractivity contribution in [2.24, 2.45) is 0 Å². The van der Waals surface area contributed by atoms with Gasteiger partial charge in [-0.05, 0) is 37.1 Å². The van der Waals surface area contributed by atoms with E-state index in [1.807, 2.05) is 6.07 Å². The normalized spacial score (nSPS) is 17.1. The number of rotatable bonds is 4. The maximum atomic E-state index is 13.6. The second-order valence-corrected chi connectivity index (χ2v) is 5.03. The zero-order valence-electron chi connectivity index (χ0n) is 11.0. The number of aromatic nitrogens is 1. The second kappa shape index (κ2) is 5.72. The first-order valence-electron chi connectivity index (χ1n) is 6.89. The molecule has 4 heteroatoms. The number of aryl methyl sites for hydroxylation is 1. The Balaban J connectivity index is 1.62. The summed E-state index contributed by atoms with van der Waals surface area (Å²) in [4.78, 5) is 5.57.